The summed E-state index contributed by atoms with van der Waals surface area (Å²) < 4.78 is 0. The summed E-state index contributed by atoms with van der Waals surface area (Å²) in [5, 5.41) is 2.95. The zero-order valence-electron chi connectivity index (χ0n) is 9.18. The van der Waals surface area contributed by atoms with Crippen LogP contribution in [0.25, 0.3) is 0 Å². The quantitative estimate of drug-likeness (QED) is 0.679. The molecule has 0 rings (SSSR count). The molecule has 0 aliphatic rings. The van der Waals surface area contributed by atoms with E-state index in [-0.39, 0.29) is 11.9 Å². The minimum absolute atomic E-state index is 0.0518. The summed E-state index contributed by atoms with van der Waals surface area (Å²) in [6, 6.07) is 0.253. The molecule has 0 saturated heterocycles. The summed E-state index contributed by atoms with van der Waals surface area (Å²) >= 11 is 0. The lowest BCUT2D eigenvalue weighted by Gasteiger charge is -2.24. The number of hydrogen-bond acceptors (Lipinski definition) is 2. The topological polar surface area (TPSA) is 55.1 Å². The highest BCUT2D eigenvalue weighted by Crippen LogP contribution is 2.13. The van der Waals surface area contributed by atoms with Gasteiger partial charge >= 0.3 is 0 Å². The zero-order valence-corrected chi connectivity index (χ0v) is 9.18. The van der Waals surface area contributed by atoms with Crippen LogP contribution in [0.3, 0.4) is 0 Å². The van der Waals surface area contributed by atoms with Gasteiger partial charge in [0.1, 0.15) is 0 Å². The molecule has 0 bridgehead atoms. The minimum atomic E-state index is -0.442. The van der Waals surface area contributed by atoms with Crippen LogP contribution in [0.4, 0.5) is 0 Å². The molecule has 3 nitrogen and oxygen atoms in total. The molecule has 0 spiro atoms. The third-order valence-corrected chi connectivity index (χ3v) is 2.22. The number of hydrogen-bond donors (Lipinski definition) is 2. The Labute approximate surface area is 81.1 Å². The van der Waals surface area contributed by atoms with E-state index in [1.165, 1.54) is 0 Å². The van der Waals surface area contributed by atoms with Crippen LogP contribution in [-0.4, -0.2) is 18.5 Å². The first-order chi connectivity index (χ1) is 5.94. The first kappa shape index (κ1) is 12.4. The summed E-state index contributed by atoms with van der Waals surface area (Å²) in [7, 11) is 0. The van der Waals surface area contributed by atoms with Gasteiger partial charge in [-0.25, -0.2) is 0 Å². The van der Waals surface area contributed by atoms with E-state index in [0.717, 1.165) is 12.8 Å². The lowest BCUT2D eigenvalue weighted by Crippen LogP contribution is -2.45. The molecule has 0 aromatic carbocycles. The molecule has 1 amide bonds. The van der Waals surface area contributed by atoms with Gasteiger partial charge < -0.3 is 11.1 Å². The molecular weight excluding hydrogens is 164 g/mol. The van der Waals surface area contributed by atoms with Gasteiger partial charge in [0.15, 0.2) is 0 Å². The van der Waals surface area contributed by atoms with Gasteiger partial charge in [-0.3, -0.25) is 4.79 Å². The van der Waals surface area contributed by atoms with E-state index in [1.807, 2.05) is 20.8 Å². The van der Waals surface area contributed by atoms with Crippen molar-refractivity contribution >= 4 is 5.91 Å². The summed E-state index contributed by atoms with van der Waals surface area (Å²) in [4.78, 5) is 11.6. The molecule has 13 heavy (non-hydrogen) atoms. The molecule has 0 heterocycles. The molecule has 0 aliphatic carbocycles. The van der Waals surface area contributed by atoms with Gasteiger partial charge in [0.25, 0.3) is 0 Å². The summed E-state index contributed by atoms with van der Waals surface area (Å²) in [5.41, 5.74) is 5.05. The second kappa shape index (κ2) is 5.22. The SMILES string of the molecule is CCCC(C)NC(=O)C(C)(C)CN. The number of nitrogens with two attached hydrogens (primary N) is 1. The number of carbonyl (C=O) groups is 1. The molecular formula is C10H22N2O. The van der Waals surface area contributed by atoms with Crippen LogP contribution < -0.4 is 11.1 Å². The van der Waals surface area contributed by atoms with Crippen molar-refractivity contribution in [1.82, 2.24) is 5.32 Å². The van der Waals surface area contributed by atoms with Gasteiger partial charge in [-0.05, 0) is 27.2 Å². The fraction of sp³-hybridized carbons (Fsp3) is 0.900. The van der Waals surface area contributed by atoms with Crippen LogP contribution in [0.1, 0.15) is 40.5 Å². The minimum Gasteiger partial charge on any atom is -0.353 e. The lowest BCUT2D eigenvalue weighted by molar-refractivity contribution is -0.129. The van der Waals surface area contributed by atoms with Crippen LogP contribution in [0, 0.1) is 5.41 Å². The maximum atomic E-state index is 11.6. The maximum Gasteiger partial charge on any atom is 0.227 e. The number of rotatable bonds is 5. The molecule has 78 valence electrons. The Morgan fingerprint density at radius 2 is 2.08 bits per heavy atom. The third kappa shape index (κ3) is 4.27. The van der Waals surface area contributed by atoms with E-state index in [0.29, 0.717) is 6.54 Å². The van der Waals surface area contributed by atoms with Crippen molar-refractivity contribution in [3.63, 3.8) is 0 Å². The van der Waals surface area contributed by atoms with Crippen LogP contribution >= 0.6 is 0 Å². The van der Waals surface area contributed by atoms with Gasteiger partial charge in [-0.2, -0.15) is 0 Å². The Morgan fingerprint density at radius 1 is 1.54 bits per heavy atom. The van der Waals surface area contributed by atoms with Crippen LogP contribution in [-0.2, 0) is 4.79 Å². The Kier molecular flexibility index (Phi) is 4.99. The highest BCUT2D eigenvalue weighted by Gasteiger charge is 2.26. The van der Waals surface area contributed by atoms with Crippen molar-refractivity contribution in [3.8, 4) is 0 Å². The van der Waals surface area contributed by atoms with Gasteiger partial charge in [0, 0.05) is 12.6 Å². The van der Waals surface area contributed by atoms with E-state index in [4.69, 9.17) is 5.73 Å². The standard InChI is InChI=1S/C10H22N2O/c1-5-6-8(2)12-9(13)10(3,4)7-11/h8H,5-7,11H2,1-4H3,(H,12,13). The lowest BCUT2D eigenvalue weighted by atomic mass is 9.92. The average Bonchev–Trinajstić information content (AvgIpc) is 2.04. The molecule has 0 aliphatic heterocycles. The molecule has 0 fully saturated rings. The summed E-state index contributed by atoms with van der Waals surface area (Å²) in [6.07, 6.45) is 2.11. The second-order valence-corrected chi connectivity index (χ2v) is 4.25. The summed E-state index contributed by atoms with van der Waals surface area (Å²) in [6.45, 7) is 8.24. The number of carbonyl (C=O) groups excluding carboxylic acids is 1. The van der Waals surface area contributed by atoms with Crippen molar-refractivity contribution in [3.05, 3.63) is 0 Å². The predicted octanol–water partition coefficient (Wildman–Crippen LogP) is 1.28. The molecule has 0 saturated carbocycles. The summed E-state index contributed by atoms with van der Waals surface area (Å²) in [5.74, 6) is 0.0518. The first-order valence-electron chi connectivity index (χ1n) is 4.95. The highest BCUT2D eigenvalue weighted by atomic mass is 16.2. The Morgan fingerprint density at radius 3 is 2.46 bits per heavy atom. The second-order valence-electron chi connectivity index (χ2n) is 4.25. The maximum absolute atomic E-state index is 11.6. The van der Waals surface area contributed by atoms with E-state index < -0.39 is 5.41 Å². The van der Waals surface area contributed by atoms with E-state index in [9.17, 15) is 4.79 Å². The zero-order chi connectivity index (χ0) is 10.5. The predicted molar refractivity (Wildman–Crippen MR) is 55.3 cm³/mol. The molecule has 0 aromatic heterocycles. The fourth-order valence-corrected chi connectivity index (χ4v) is 1.02. The monoisotopic (exact) mass is 186 g/mol. The third-order valence-electron chi connectivity index (χ3n) is 2.22. The van der Waals surface area contributed by atoms with E-state index >= 15 is 0 Å². The highest BCUT2D eigenvalue weighted by molar-refractivity contribution is 5.82. The molecule has 3 N–H and O–H groups in total. The Bertz CT molecular complexity index is 166. The van der Waals surface area contributed by atoms with Crippen LogP contribution in [0.15, 0.2) is 0 Å². The van der Waals surface area contributed by atoms with Crippen LogP contribution in [0.5, 0.6) is 0 Å². The molecule has 1 atom stereocenters. The molecule has 1 unspecified atom stereocenters. The van der Waals surface area contributed by atoms with Crippen molar-refractivity contribution < 1.29 is 4.79 Å². The smallest absolute Gasteiger partial charge is 0.227 e. The van der Waals surface area contributed by atoms with Gasteiger partial charge in [0.2, 0.25) is 5.91 Å². The van der Waals surface area contributed by atoms with Crippen molar-refractivity contribution in [2.75, 3.05) is 6.54 Å². The number of nitrogens with one attached hydrogen (secondary N) is 1. The Hall–Kier alpha value is -0.570. The van der Waals surface area contributed by atoms with Crippen LogP contribution in [0.2, 0.25) is 0 Å². The van der Waals surface area contributed by atoms with E-state index in [1.54, 1.807) is 0 Å². The molecule has 0 radical (unpaired) electrons. The van der Waals surface area contributed by atoms with Gasteiger partial charge in [-0.15, -0.1) is 0 Å². The Balaban J connectivity index is 3.99. The van der Waals surface area contributed by atoms with Gasteiger partial charge in [0.05, 0.1) is 5.41 Å². The van der Waals surface area contributed by atoms with Crippen molar-refractivity contribution in [2.24, 2.45) is 11.1 Å². The largest absolute Gasteiger partial charge is 0.353 e. The van der Waals surface area contributed by atoms with Crippen molar-refractivity contribution in [2.45, 2.75) is 46.6 Å². The average molecular weight is 186 g/mol. The van der Waals surface area contributed by atoms with Crippen molar-refractivity contribution in [1.29, 1.82) is 0 Å². The normalized spacial score (nSPS) is 13.9. The number of amides is 1. The molecule has 0 aromatic rings. The molecule has 3 heteroatoms. The fourth-order valence-electron chi connectivity index (χ4n) is 1.02. The first-order valence-corrected chi connectivity index (χ1v) is 4.95. The van der Waals surface area contributed by atoms with Gasteiger partial charge in [-0.1, -0.05) is 13.3 Å². The van der Waals surface area contributed by atoms with E-state index in [2.05, 4.69) is 12.2 Å².